The van der Waals surface area contributed by atoms with Gasteiger partial charge in [0.05, 0.1) is 17.9 Å². The molecule has 0 spiro atoms. The Hall–Kier alpha value is -2.86. The van der Waals surface area contributed by atoms with Crippen molar-refractivity contribution >= 4 is 40.8 Å². The monoisotopic (exact) mass is 374 g/mol. The summed E-state index contributed by atoms with van der Waals surface area (Å²) in [4.78, 5) is 37.8. The molecule has 0 aromatic heterocycles. The Balaban J connectivity index is 2.23. The maximum Gasteiger partial charge on any atom is 0.340 e. The molecule has 6 nitrogen and oxygen atoms in total. The highest BCUT2D eigenvalue weighted by Crippen LogP contribution is 2.22. The van der Waals surface area contributed by atoms with Gasteiger partial charge in [-0.25, -0.2) is 4.79 Å². The van der Waals surface area contributed by atoms with Crippen LogP contribution in [0.5, 0.6) is 0 Å². The van der Waals surface area contributed by atoms with Crippen molar-refractivity contribution in [3.8, 4) is 0 Å². The maximum absolute atomic E-state index is 12.4. The number of para-hydroxylation sites is 1. The minimum absolute atomic E-state index is 0.211. The fraction of sp³-hybridized carbons (Fsp3) is 0.211. The summed E-state index contributed by atoms with van der Waals surface area (Å²) < 4.78 is 5.02. The van der Waals surface area contributed by atoms with E-state index >= 15 is 0 Å². The molecule has 0 radical (unpaired) electrons. The molecule has 7 heteroatoms. The zero-order valence-electron chi connectivity index (χ0n) is 14.5. The molecule has 0 bridgehead atoms. The number of hydrogen-bond donors (Lipinski definition) is 1. The van der Waals surface area contributed by atoms with Crippen molar-refractivity contribution in [1.29, 1.82) is 0 Å². The molecular weight excluding hydrogens is 356 g/mol. The second kappa shape index (κ2) is 9.01. The smallest absolute Gasteiger partial charge is 0.340 e. The van der Waals surface area contributed by atoms with Gasteiger partial charge >= 0.3 is 5.97 Å². The number of amides is 2. The van der Waals surface area contributed by atoms with Gasteiger partial charge in [-0.1, -0.05) is 29.8 Å². The molecule has 0 aliphatic heterocycles. The van der Waals surface area contributed by atoms with Crippen LogP contribution in [0.4, 0.5) is 11.4 Å². The van der Waals surface area contributed by atoms with E-state index in [9.17, 15) is 14.4 Å². The van der Waals surface area contributed by atoms with E-state index in [2.05, 4.69) is 5.32 Å². The summed E-state index contributed by atoms with van der Waals surface area (Å²) in [6.07, 6.45) is 0. The summed E-state index contributed by atoms with van der Waals surface area (Å²) in [5, 5.41) is 3.16. The molecule has 0 aliphatic carbocycles. The van der Waals surface area contributed by atoms with Crippen molar-refractivity contribution in [3.05, 3.63) is 59.1 Å². The molecule has 2 amide bonds. The van der Waals surface area contributed by atoms with E-state index in [1.807, 2.05) is 0 Å². The Morgan fingerprint density at radius 1 is 1.12 bits per heavy atom. The molecular formula is C19H19ClN2O4. The topological polar surface area (TPSA) is 75.7 Å². The van der Waals surface area contributed by atoms with E-state index in [1.54, 1.807) is 55.5 Å². The average molecular weight is 375 g/mol. The Kier molecular flexibility index (Phi) is 6.74. The van der Waals surface area contributed by atoms with Crippen molar-refractivity contribution in [2.45, 2.75) is 13.8 Å². The fourth-order valence-electron chi connectivity index (χ4n) is 2.37. The SMILES string of the molecule is CCOC(=O)c1ccccc1N(CC(=O)Nc1cccc(Cl)c1)C(C)=O. The van der Waals surface area contributed by atoms with E-state index in [4.69, 9.17) is 16.3 Å². The van der Waals surface area contributed by atoms with Crippen molar-refractivity contribution in [2.75, 3.05) is 23.4 Å². The second-order valence-corrected chi connectivity index (χ2v) is 5.84. The quantitative estimate of drug-likeness (QED) is 0.785. The third-order valence-corrected chi connectivity index (χ3v) is 3.72. The van der Waals surface area contributed by atoms with Gasteiger partial charge in [-0.3, -0.25) is 9.59 Å². The molecule has 0 unspecified atom stereocenters. The first-order valence-electron chi connectivity index (χ1n) is 8.02. The lowest BCUT2D eigenvalue weighted by Gasteiger charge is -2.23. The molecule has 0 heterocycles. The molecule has 2 aromatic rings. The number of esters is 1. The highest BCUT2D eigenvalue weighted by Gasteiger charge is 2.22. The number of anilines is 2. The molecule has 2 aromatic carbocycles. The number of benzene rings is 2. The molecule has 136 valence electrons. The van der Waals surface area contributed by atoms with Crippen LogP contribution in [0.1, 0.15) is 24.2 Å². The number of rotatable bonds is 6. The molecule has 0 saturated carbocycles. The standard InChI is InChI=1S/C19H19ClN2O4/c1-3-26-19(25)16-9-4-5-10-17(16)22(13(2)23)12-18(24)21-15-8-6-7-14(20)11-15/h4-11H,3,12H2,1-2H3,(H,21,24). The number of nitrogens with zero attached hydrogens (tertiary/aromatic N) is 1. The summed E-state index contributed by atoms with van der Waals surface area (Å²) in [6, 6.07) is 13.2. The van der Waals surface area contributed by atoms with Gasteiger partial charge in [0, 0.05) is 17.6 Å². The first kappa shape index (κ1) is 19.5. The zero-order valence-corrected chi connectivity index (χ0v) is 15.2. The van der Waals surface area contributed by atoms with Crippen molar-refractivity contribution in [2.24, 2.45) is 0 Å². The van der Waals surface area contributed by atoms with Crippen LogP contribution in [0.25, 0.3) is 0 Å². The first-order valence-corrected chi connectivity index (χ1v) is 8.39. The molecule has 0 fully saturated rings. The summed E-state index contributed by atoms with van der Waals surface area (Å²) in [5.74, 6) is -1.34. The fourth-order valence-corrected chi connectivity index (χ4v) is 2.56. The Bertz CT molecular complexity index is 823. The highest BCUT2D eigenvalue weighted by molar-refractivity contribution is 6.30. The summed E-state index contributed by atoms with van der Waals surface area (Å²) >= 11 is 5.90. The van der Waals surface area contributed by atoms with Gasteiger partial charge in [0.15, 0.2) is 0 Å². The number of ether oxygens (including phenoxy) is 1. The van der Waals surface area contributed by atoms with E-state index in [0.717, 1.165) is 0 Å². The minimum Gasteiger partial charge on any atom is -0.462 e. The van der Waals surface area contributed by atoms with E-state index in [0.29, 0.717) is 16.4 Å². The van der Waals surface area contributed by atoms with E-state index < -0.39 is 11.9 Å². The largest absolute Gasteiger partial charge is 0.462 e. The predicted molar refractivity (Wildman–Crippen MR) is 101 cm³/mol. The molecule has 26 heavy (non-hydrogen) atoms. The second-order valence-electron chi connectivity index (χ2n) is 5.40. The highest BCUT2D eigenvalue weighted by atomic mass is 35.5. The zero-order chi connectivity index (χ0) is 19.1. The molecule has 0 aliphatic rings. The number of nitrogens with one attached hydrogen (secondary N) is 1. The maximum atomic E-state index is 12.4. The first-order chi connectivity index (χ1) is 12.4. The average Bonchev–Trinajstić information content (AvgIpc) is 2.59. The summed E-state index contributed by atoms with van der Waals surface area (Å²) in [7, 11) is 0. The van der Waals surface area contributed by atoms with Crippen LogP contribution in [0, 0.1) is 0 Å². The third-order valence-electron chi connectivity index (χ3n) is 3.48. The minimum atomic E-state index is -0.551. The molecule has 2 rings (SSSR count). The van der Waals surface area contributed by atoms with Crippen LogP contribution >= 0.6 is 11.6 Å². The third kappa shape index (κ3) is 5.07. The van der Waals surface area contributed by atoms with Gasteiger partial charge in [-0.2, -0.15) is 0 Å². The lowest BCUT2D eigenvalue weighted by molar-refractivity contribution is -0.120. The Morgan fingerprint density at radius 2 is 1.85 bits per heavy atom. The molecule has 1 N–H and O–H groups in total. The van der Waals surface area contributed by atoms with Gasteiger partial charge in [0.25, 0.3) is 0 Å². The number of carbonyl (C=O) groups is 3. The van der Waals surface area contributed by atoms with Crippen LogP contribution < -0.4 is 10.2 Å². The lowest BCUT2D eigenvalue weighted by Crippen LogP contribution is -2.37. The lowest BCUT2D eigenvalue weighted by atomic mass is 10.1. The summed E-state index contributed by atoms with van der Waals surface area (Å²) in [5.41, 5.74) is 1.06. The van der Waals surface area contributed by atoms with Crippen molar-refractivity contribution in [3.63, 3.8) is 0 Å². The predicted octanol–water partition coefficient (Wildman–Crippen LogP) is 3.51. The number of carbonyl (C=O) groups excluding carboxylic acids is 3. The van der Waals surface area contributed by atoms with Gasteiger partial charge in [-0.05, 0) is 37.3 Å². The Morgan fingerprint density at radius 3 is 2.50 bits per heavy atom. The van der Waals surface area contributed by atoms with Crippen LogP contribution in [-0.4, -0.2) is 30.9 Å². The Labute approximate surface area is 156 Å². The molecule has 0 saturated heterocycles. The van der Waals surface area contributed by atoms with Crippen LogP contribution in [0.2, 0.25) is 5.02 Å². The van der Waals surface area contributed by atoms with E-state index in [1.165, 1.54) is 11.8 Å². The van der Waals surface area contributed by atoms with Crippen LogP contribution in [0.15, 0.2) is 48.5 Å². The van der Waals surface area contributed by atoms with Gasteiger partial charge in [0.1, 0.15) is 6.54 Å². The van der Waals surface area contributed by atoms with Gasteiger partial charge < -0.3 is 15.0 Å². The van der Waals surface area contributed by atoms with E-state index in [-0.39, 0.29) is 24.6 Å². The van der Waals surface area contributed by atoms with Gasteiger partial charge in [-0.15, -0.1) is 0 Å². The molecule has 0 atom stereocenters. The van der Waals surface area contributed by atoms with Gasteiger partial charge in [0.2, 0.25) is 11.8 Å². The van der Waals surface area contributed by atoms with Crippen LogP contribution in [0.3, 0.4) is 0 Å². The number of hydrogen-bond acceptors (Lipinski definition) is 4. The van der Waals surface area contributed by atoms with Crippen molar-refractivity contribution < 1.29 is 19.1 Å². The summed E-state index contributed by atoms with van der Waals surface area (Å²) in [6.45, 7) is 2.98. The normalized spacial score (nSPS) is 10.1. The number of halogens is 1. The van der Waals surface area contributed by atoms with Crippen LogP contribution in [-0.2, 0) is 14.3 Å². The van der Waals surface area contributed by atoms with Crippen molar-refractivity contribution in [1.82, 2.24) is 0 Å².